The van der Waals surface area contributed by atoms with Gasteiger partial charge in [-0.2, -0.15) is 0 Å². The lowest BCUT2D eigenvalue weighted by Gasteiger charge is -2.47. The van der Waals surface area contributed by atoms with Crippen molar-refractivity contribution < 1.29 is 9.53 Å². The van der Waals surface area contributed by atoms with Crippen LogP contribution in [0, 0.1) is 0 Å². The Morgan fingerprint density at radius 3 is 2.60 bits per heavy atom. The normalized spacial score (nSPS) is 16.8. The molecule has 0 aliphatic carbocycles. The minimum atomic E-state index is -0.264. The molecule has 0 unspecified atom stereocenters. The topological polar surface area (TPSA) is 32.8 Å². The van der Waals surface area contributed by atoms with Crippen molar-refractivity contribution in [2.24, 2.45) is 0 Å². The molecule has 25 heavy (non-hydrogen) atoms. The predicted octanol–water partition coefficient (Wildman–Crippen LogP) is 4.67. The van der Waals surface area contributed by atoms with Crippen LogP contribution in [0.5, 0.6) is 5.75 Å². The first kappa shape index (κ1) is 18.5. The molecule has 134 valence electrons. The van der Waals surface area contributed by atoms with E-state index < -0.39 is 0 Å². The molecule has 1 aliphatic heterocycles. The van der Waals surface area contributed by atoms with E-state index in [4.69, 9.17) is 16.3 Å². The van der Waals surface area contributed by atoms with E-state index >= 15 is 0 Å². The number of benzene rings is 1. The van der Waals surface area contributed by atoms with Gasteiger partial charge in [0.25, 0.3) is 5.91 Å². The van der Waals surface area contributed by atoms with Crippen molar-refractivity contribution in [2.75, 3.05) is 31.1 Å². The van der Waals surface area contributed by atoms with Crippen LogP contribution >= 0.6 is 38.9 Å². The number of carbonyl (C=O) groups excluding carboxylic acids is 1. The summed E-state index contributed by atoms with van der Waals surface area (Å²) < 4.78 is 6.75. The summed E-state index contributed by atoms with van der Waals surface area (Å²) in [5, 5.41) is 2.72. The molecule has 0 spiro atoms. The average Bonchev–Trinajstić information content (AvgIpc) is 2.99. The number of hydrogen-bond acceptors (Lipinski definition) is 4. The summed E-state index contributed by atoms with van der Waals surface area (Å²) in [6.45, 7) is 6.50. The number of thiophene rings is 1. The number of rotatable bonds is 4. The van der Waals surface area contributed by atoms with Crippen LogP contribution in [0.4, 0.5) is 5.69 Å². The number of nitrogens with zero attached hydrogens (tertiary/aromatic N) is 2. The summed E-state index contributed by atoms with van der Waals surface area (Å²) >= 11 is 11.1. The van der Waals surface area contributed by atoms with E-state index in [0.717, 1.165) is 16.9 Å². The van der Waals surface area contributed by atoms with E-state index in [9.17, 15) is 4.79 Å². The van der Waals surface area contributed by atoms with Crippen LogP contribution in [0.25, 0.3) is 0 Å². The van der Waals surface area contributed by atoms with Gasteiger partial charge in [-0.3, -0.25) is 4.79 Å². The van der Waals surface area contributed by atoms with Crippen LogP contribution in [-0.2, 0) is 4.79 Å². The molecule has 0 saturated carbocycles. The molecule has 2 aromatic rings. The molecule has 1 aromatic carbocycles. The van der Waals surface area contributed by atoms with Crippen LogP contribution in [0.2, 0.25) is 5.02 Å². The fraction of sp³-hybridized carbons (Fsp3) is 0.389. The van der Waals surface area contributed by atoms with Gasteiger partial charge in [-0.25, -0.2) is 0 Å². The number of piperazine rings is 1. The Kier molecular flexibility index (Phi) is 5.61. The second-order valence-corrected chi connectivity index (χ2v) is 9.27. The molecule has 1 saturated heterocycles. The fourth-order valence-electron chi connectivity index (χ4n) is 3.09. The minimum absolute atomic E-state index is 0.00369. The van der Waals surface area contributed by atoms with Crippen molar-refractivity contribution in [2.45, 2.75) is 19.4 Å². The summed E-state index contributed by atoms with van der Waals surface area (Å²) in [5.74, 6) is 0.653. The summed E-state index contributed by atoms with van der Waals surface area (Å²) in [6.07, 6.45) is 0. The zero-order valence-electron chi connectivity index (χ0n) is 14.2. The van der Waals surface area contributed by atoms with Crippen LogP contribution in [0.3, 0.4) is 0 Å². The van der Waals surface area contributed by atoms with Crippen molar-refractivity contribution in [1.29, 1.82) is 0 Å². The molecule has 3 rings (SSSR count). The van der Waals surface area contributed by atoms with Crippen molar-refractivity contribution in [3.8, 4) is 5.75 Å². The van der Waals surface area contributed by atoms with Gasteiger partial charge >= 0.3 is 0 Å². The maximum Gasteiger partial charge on any atom is 0.261 e. The third-order valence-corrected chi connectivity index (χ3v) is 6.23. The molecule has 4 nitrogen and oxygen atoms in total. The van der Waals surface area contributed by atoms with E-state index in [1.807, 2.05) is 4.90 Å². The zero-order valence-corrected chi connectivity index (χ0v) is 17.3. The van der Waals surface area contributed by atoms with Gasteiger partial charge in [0, 0.05) is 24.7 Å². The van der Waals surface area contributed by atoms with Gasteiger partial charge in [0.2, 0.25) is 0 Å². The number of amides is 1. The van der Waals surface area contributed by atoms with Crippen molar-refractivity contribution in [3.05, 3.63) is 44.5 Å². The second-order valence-electron chi connectivity index (χ2n) is 6.60. The molecule has 1 aliphatic rings. The molecule has 1 fully saturated rings. The Morgan fingerprint density at radius 1 is 1.28 bits per heavy atom. The van der Waals surface area contributed by atoms with Gasteiger partial charge in [-0.05, 0) is 65.5 Å². The van der Waals surface area contributed by atoms with Gasteiger partial charge in [0.1, 0.15) is 5.75 Å². The third kappa shape index (κ3) is 4.30. The monoisotopic (exact) mass is 442 g/mol. The Morgan fingerprint density at radius 2 is 2.00 bits per heavy atom. The van der Waals surface area contributed by atoms with Crippen molar-refractivity contribution in [3.63, 3.8) is 0 Å². The molecular formula is C18H20BrClN2O2S. The van der Waals surface area contributed by atoms with E-state index in [1.54, 1.807) is 35.6 Å². The molecule has 0 bridgehead atoms. The lowest BCUT2D eigenvalue weighted by molar-refractivity contribution is -0.139. The van der Waals surface area contributed by atoms with Gasteiger partial charge in [-0.15, -0.1) is 11.3 Å². The second kappa shape index (κ2) is 7.56. The molecule has 2 heterocycles. The highest BCUT2D eigenvalue weighted by Gasteiger charge is 2.37. The Bertz CT molecular complexity index is 748. The van der Waals surface area contributed by atoms with Crippen molar-refractivity contribution in [1.82, 2.24) is 4.90 Å². The Labute approximate surface area is 165 Å². The summed E-state index contributed by atoms with van der Waals surface area (Å²) in [4.78, 5) is 16.9. The number of hydrogen-bond donors (Lipinski definition) is 0. The Hall–Kier alpha value is -1.24. The number of ether oxygens (including phenoxy) is 1. The molecule has 0 N–H and O–H groups in total. The fourth-order valence-corrected chi connectivity index (χ4v) is 4.56. The van der Waals surface area contributed by atoms with E-state index in [-0.39, 0.29) is 18.1 Å². The highest BCUT2D eigenvalue weighted by molar-refractivity contribution is 9.11. The average molecular weight is 444 g/mol. The van der Waals surface area contributed by atoms with Gasteiger partial charge < -0.3 is 14.5 Å². The molecular weight excluding hydrogens is 424 g/mol. The largest absolute Gasteiger partial charge is 0.484 e. The molecule has 7 heteroatoms. The summed E-state index contributed by atoms with van der Waals surface area (Å²) in [5.41, 5.74) is 0.933. The minimum Gasteiger partial charge on any atom is -0.484 e. The quantitative estimate of drug-likeness (QED) is 0.688. The van der Waals surface area contributed by atoms with Crippen LogP contribution in [0.15, 0.2) is 39.5 Å². The Balaban J connectivity index is 1.61. The van der Waals surface area contributed by atoms with Crippen LogP contribution in [0.1, 0.15) is 13.8 Å². The number of carbonyl (C=O) groups is 1. The van der Waals surface area contributed by atoms with E-state index in [0.29, 0.717) is 17.3 Å². The van der Waals surface area contributed by atoms with E-state index in [2.05, 4.69) is 46.1 Å². The highest BCUT2D eigenvalue weighted by atomic mass is 79.9. The molecule has 0 radical (unpaired) electrons. The molecule has 0 atom stereocenters. The van der Waals surface area contributed by atoms with E-state index in [1.165, 1.54) is 5.69 Å². The van der Waals surface area contributed by atoms with Crippen LogP contribution < -0.4 is 9.64 Å². The number of halogens is 2. The summed E-state index contributed by atoms with van der Waals surface area (Å²) in [7, 11) is 0. The van der Waals surface area contributed by atoms with Crippen molar-refractivity contribution >= 4 is 50.5 Å². The van der Waals surface area contributed by atoms with Gasteiger partial charge in [0.05, 0.1) is 15.0 Å². The smallest absolute Gasteiger partial charge is 0.261 e. The number of anilines is 1. The molecule has 1 aromatic heterocycles. The summed E-state index contributed by atoms with van der Waals surface area (Å²) in [6, 6.07) is 9.16. The predicted molar refractivity (Wildman–Crippen MR) is 107 cm³/mol. The zero-order chi connectivity index (χ0) is 18.0. The highest BCUT2D eigenvalue weighted by Crippen LogP contribution is 2.34. The van der Waals surface area contributed by atoms with Crippen LogP contribution in [-0.4, -0.2) is 42.6 Å². The first-order chi connectivity index (χ1) is 11.9. The molecule has 1 amide bonds. The standard InChI is InChI=1S/C18H20BrClN2O2S/c1-18(2)12-21(15-7-10-25-17(15)19)8-9-22(18)16(23)11-24-14-5-3-13(20)4-6-14/h3-7,10H,8-9,11-12H2,1-2H3. The first-order valence-corrected chi connectivity index (χ1v) is 10.1. The van der Waals surface area contributed by atoms with Gasteiger partial charge in [-0.1, -0.05) is 11.6 Å². The lowest BCUT2D eigenvalue weighted by atomic mass is 9.98. The maximum atomic E-state index is 12.7. The maximum absolute atomic E-state index is 12.7. The van der Waals surface area contributed by atoms with Gasteiger partial charge in [0.15, 0.2) is 6.61 Å². The lowest BCUT2D eigenvalue weighted by Crippen LogP contribution is -2.62. The SMILES string of the molecule is CC1(C)CN(c2ccsc2Br)CCN1C(=O)COc1ccc(Cl)cc1. The third-order valence-electron chi connectivity index (χ3n) is 4.32. The first-order valence-electron chi connectivity index (χ1n) is 8.03.